The van der Waals surface area contributed by atoms with Crippen LogP contribution in [0.2, 0.25) is 0 Å². The Kier molecular flexibility index (Phi) is 3.85. The van der Waals surface area contributed by atoms with Gasteiger partial charge in [0.2, 0.25) is 0 Å². The van der Waals surface area contributed by atoms with Crippen LogP contribution in [0.15, 0.2) is 48.5 Å². The number of H-pyrrole nitrogens is 1. The predicted octanol–water partition coefficient (Wildman–Crippen LogP) is 3.48. The van der Waals surface area contributed by atoms with Crippen LogP contribution >= 0.6 is 0 Å². The highest BCUT2D eigenvalue weighted by molar-refractivity contribution is 5.96. The van der Waals surface area contributed by atoms with Gasteiger partial charge < -0.3 is 14.5 Å². The molecule has 0 bridgehead atoms. The SMILES string of the molecule is COC(=O)c1cccc(OC(=O)c2cc3cc(C)ccc3[nH]2)c1. The van der Waals surface area contributed by atoms with Crippen molar-refractivity contribution in [2.75, 3.05) is 7.11 Å². The van der Waals surface area contributed by atoms with Crippen molar-refractivity contribution < 1.29 is 19.1 Å². The number of carbonyl (C=O) groups excluding carboxylic acids is 2. The molecule has 5 nitrogen and oxygen atoms in total. The molecule has 0 saturated heterocycles. The third kappa shape index (κ3) is 3.08. The van der Waals surface area contributed by atoms with Crippen LogP contribution in [0.1, 0.15) is 26.4 Å². The monoisotopic (exact) mass is 309 g/mol. The number of rotatable bonds is 3. The van der Waals surface area contributed by atoms with Crippen LogP contribution in [0.4, 0.5) is 0 Å². The van der Waals surface area contributed by atoms with Gasteiger partial charge in [0.1, 0.15) is 11.4 Å². The van der Waals surface area contributed by atoms with Gasteiger partial charge in [-0.25, -0.2) is 9.59 Å². The van der Waals surface area contributed by atoms with Gasteiger partial charge in [-0.15, -0.1) is 0 Å². The highest BCUT2D eigenvalue weighted by Crippen LogP contribution is 2.20. The smallest absolute Gasteiger partial charge is 0.360 e. The lowest BCUT2D eigenvalue weighted by Crippen LogP contribution is -2.09. The molecule has 0 unspecified atom stereocenters. The second-order valence-corrected chi connectivity index (χ2v) is 5.18. The molecule has 3 aromatic rings. The van der Waals surface area contributed by atoms with Crippen molar-refractivity contribution in [3.63, 3.8) is 0 Å². The number of esters is 2. The number of methoxy groups -OCH3 is 1. The van der Waals surface area contributed by atoms with Crippen molar-refractivity contribution in [2.45, 2.75) is 6.92 Å². The van der Waals surface area contributed by atoms with Gasteiger partial charge in [-0.3, -0.25) is 0 Å². The molecule has 0 amide bonds. The van der Waals surface area contributed by atoms with E-state index in [0.717, 1.165) is 16.5 Å². The zero-order valence-corrected chi connectivity index (χ0v) is 12.8. The zero-order valence-electron chi connectivity index (χ0n) is 12.8. The van der Waals surface area contributed by atoms with Crippen molar-refractivity contribution in [1.82, 2.24) is 4.98 Å². The molecule has 1 heterocycles. The van der Waals surface area contributed by atoms with E-state index in [4.69, 9.17) is 4.74 Å². The second kappa shape index (κ2) is 5.96. The molecule has 5 heteroatoms. The number of aromatic nitrogens is 1. The number of fused-ring (bicyclic) bond motifs is 1. The average Bonchev–Trinajstić information content (AvgIpc) is 2.97. The number of ether oxygens (including phenoxy) is 2. The van der Waals surface area contributed by atoms with Crippen molar-refractivity contribution in [2.24, 2.45) is 0 Å². The summed E-state index contributed by atoms with van der Waals surface area (Å²) in [6.07, 6.45) is 0. The van der Waals surface area contributed by atoms with Gasteiger partial charge in [-0.1, -0.05) is 17.7 Å². The first-order valence-corrected chi connectivity index (χ1v) is 7.07. The second-order valence-electron chi connectivity index (χ2n) is 5.18. The number of nitrogens with one attached hydrogen (secondary N) is 1. The Bertz CT molecular complexity index is 895. The molecule has 0 fully saturated rings. The standard InChI is InChI=1S/C18H15NO4/c1-11-6-7-15-13(8-11)10-16(19-15)18(21)23-14-5-3-4-12(9-14)17(20)22-2/h3-10,19H,1-2H3. The molecule has 3 rings (SSSR count). The van der Waals surface area contributed by atoms with Crippen LogP contribution in [-0.4, -0.2) is 24.0 Å². The van der Waals surface area contributed by atoms with E-state index in [1.54, 1.807) is 24.3 Å². The number of hydrogen-bond donors (Lipinski definition) is 1. The minimum atomic E-state index is -0.513. The highest BCUT2D eigenvalue weighted by Gasteiger charge is 2.13. The summed E-state index contributed by atoms with van der Waals surface area (Å²) in [6.45, 7) is 1.99. The summed E-state index contributed by atoms with van der Waals surface area (Å²) in [4.78, 5) is 26.8. The molecule has 0 atom stereocenters. The number of aromatic amines is 1. The summed E-state index contributed by atoms with van der Waals surface area (Å²) in [5, 5.41) is 0.945. The molecule has 1 N–H and O–H groups in total. The molecule has 0 aliphatic rings. The van der Waals surface area contributed by atoms with Crippen molar-refractivity contribution >= 4 is 22.8 Å². The van der Waals surface area contributed by atoms with E-state index in [9.17, 15) is 9.59 Å². The average molecular weight is 309 g/mol. The van der Waals surface area contributed by atoms with Crippen molar-refractivity contribution in [3.8, 4) is 5.75 Å². The van der Waals surface area contributed by atoms with E-state index in [1.807, 2.05) is 25.1 Å². The summed E-state index contributed by atoms with van der Waals surface area (Å²) in [5.74, 6) is -0.711. The molecular weight excluding hydrogens is 294 g/mol. The minimum Gasteiger partial charge on any atom is -0.465 e. The fourth-order valence-corrected chi connectivity index (χ4v) is 2.33. The molecule has 116 valence electrons. The van der Waals surface area contributed by atoms with E-state index in [1.165, 1.54) is 13.2 Å². The van der Waals surface area contributed by atoms with Crippen LogP contribution in [0.5, 0.6) is 5.75 Å². The Balaban J connectivity index is 1.84. The minimum absolute atomic E-state index is 0.285. The van der Waals surface area contributed by atoms with Crippen LogP contribution in [0, 0.1) is 6.92 Å². The first-order chi connectivity index (χ1) is 11.1. The number of aryl methyl sites for hydroxylation is 1. The van der Waals surface area contributed by atoms with E-state index in [0.29, 0.717) is 11.3 Å². The number of hydrogen-bond acceptors (Lipinski definition) is 4. The molecule has 0 aliphatic heterocycles. The number of carbonyl (C=O) groups is 2. The largest absolute Gasteiger partial charge is 0.465 e. The van der Waals surface area contributed by atoms with E-state index in [2.05, 4.69) is 9.72 Å². The Hall–Kier alpha value is -3.08. The Morgan fingerprint density at radius 3 is 2.61 bits per heavy atom. The Morgan fingerprint density at radius 2 is 1.83 bits per heavy atom. The van der Waals surface area contributed by atoms with Gasteiger partial charge in [-0.2, -0.15) is 0 Å². The molecule has 23 heavy (non-hydrogen) atoms. The van der Waals surface area contributed by atoms with E-state index in [-0.39, 0.29) is 5.75 Å². The molecule has 2 aromatic carbocycles. The first-order valence-electron chi connectivity index (χ1n) is 7.07. The molecule has 0 saturated carbocycles. The maximum atomic E-state index is 12.2. The summed E-state index contributed by atoms with van der Waals surface area (Å²) in [7, 11) is 1.30. The lowest BCUT2D eigenvalue weighted by Gasteiger charge is -2.04. The van der Waals surface area contributed by atoms with Gasteiger partial charge in [-0.05, 0) is 43.3 Å². The lowest BCUT2D eigenvalue weighted by atomic mass is 10.2. The fraction of sp³-hybridized carbons (Fsp3) is 0.111. The summed E-state index contributed by atoms with van der Waals surface area (Å²) in [5.41, 5.74) is 2.66. The summed E-state index contributed by atoms with van der Waals surface area (Å²) in [6, 6.07) is 13.9. The van der Waals surface area contributed by atoms with Crippen LogP contribution in [0.25, 0.3) is 10.9 Å². The van der Waals surface area contributed by atoms with Crippen LogP contribution < -0.4 is 4.74 Å². The van der Waals surface area contributed by atoms with Gasteiger partial charge in [0.25, 0.3) is 0 Å². The molecular formula is C18H15NO4. The first kappa shape index (κ1) is 14.8. The Morgan fingerprint density at radius 1 is 1.00 bits per heavy atom. The lowest BCUT2D eigenvalue weighted by molar-refractivity contribution is 0.0597. The quantitative estimate of drug-likeness (QED) is 0.594. The summed E-state index contributed by atoms with van der Waals surface area (Å²) < 4.78 is 9.96. The summed E-state index contributed by atoms with van der Waals surface area (Å²) >= 11 is 0. The maximum Gasteiger partial charge on any atom is 0.360 e. The van der Waals surface area contributed by atoms with Crippen LogP contribution in [0.3, 0.4) is 0 Å². The Labute approximate surface area is 132 Å². The topological polar surface area (TPSA) is 68.4 Å². The van der Waals surface area contributed by atoms with E-state index >= 15 is 0 Å². The molecule has 0 spiro atoms. The number of benzene rings is 2. The van der Waals surface area contributed by atoms with Gasteiger partial charge in [0, 0.05) is 10.9 Å². The third-order valence-electron chi connectivity index (χ3n) is 3.46. The van der Waals surface area contributed by atoms with Gasteiger partial charge >= 0.3 is 11.9 Å². The predicted molar refractivity (Wildman–Crippen MR) is 85.8 cm³/mol. The van der Waals surface area contributed by atoms with Crippen molar-refractivity contribution in [3.05, 3.63) is 65.4 Å². The highest BCUT2D eigenvalue weighted by atomic mass is 16.5. The zero-order chi connectivity index (χ0) is 16.4. The molecule has 0 aliphatic carbocycles. The third-order valence-corrected chi connectivity index (χ3v) is 3.46. The molecule has 1 aromatic heterocycles. The van der Waals surface area contributed by atoms with E-state index < -0.39 is 11.9 Å². The fourth-order valence-electron chi connectivity index (χ4n) is 2.33. The van der Waals surface area contributed by atoms with Gasteiger partial charge in [0.05, 0.1) is 12.7 Å². The maximum absolute atomic E-state index is 12.2. The normalized spacial score (nSPS) is 10.5. The molecule has 0 radical (unpaired) electrons. The van der Waals surface area contributed by atoms with Crippen LogP contribution in [-0.2, 0) is 4.74 Å². The van der Waals surface area contributed by atoms with Gasteiger partial charge in [0.15, 0.2) is 0 Å². The van der Waals surface area contributed by atoms with Crippen molar-refractivity contribution in [1.29, 1.82) is 0 Å².